The third-order valence-electron chi connectivity index (χ3n) is 5.00. The fourth-order valence-corrected chi connectivity index (χ4v) is 4.91. The number of carbonyl (C=O) groups excluding carboxylic acids is 3. The van der Waals surface area contributed by atoms with Crippen LogP contribution in [0.25, 0.3) is 0 Å². The van der Waals surface area contributed by atoms with E-state index in [9.17, 15) is 24.3 Å². The second-order valence-corrected chi connectivity index (χ2v) is 7.48. The summed E-state index contributed by atoms with van der Waals surface area (Å²) in [4.78, 5) is 49.2. The van der Waals surface area contributed by atoms with Crippen molar-refractivity contribution in [2.75, 3.05) is 12.3 Å². The Kier molecular flexibility index (Phi) is 4.09. The second kappa shape index (κ2) is 6.33. The van der Waals surface area contributed by atoms with Crippen LogP contribution in [0.2, 0.25) is 0 Å². The van der Waals surface area contributed by atoms with Crippen LogP contribution in [0, 0.1) is 5.92 Å². The minimum atomic E-state index is -1.18. The van der Waals surface area contributed by atoms with Crippen molar-refractivity contribution in [1.29, 1.82) is 0 Å². The molecule has 0 radical (unpaired) electrons. The third-order valence-corrected chi connectivity index (χ3v) is 6.04. The Labute approximate surface area is 156 Å². The maximum atomic E-state index is 12.4. The topological polar surface area (TPSA) is 165 Å². The zero-order chi connectivity index (χ0) is 19.3. The van der Waals surface area contributed by atoms with Crippen molar-refractivity contribution in [3.05, 3.63) is 11.3 Å². The highest BCUT2D eigenvalue weighted by molar-refractivity contribution is 7.99. The minimum Gasteiger partial charge on any atom is -0.477 e. The molecule has 4 rings (SSSR count). The summed E-state index contributed by atoms with van der Waals surface area (Å²) < 4.78 is 1.23. The largest absolute Gasteiger partial charge is 0.477 e. The van der Waals surface area contributed by atoms with Gasteiger partial charge in [-0.05, 0) is 22.4 Å². The van der Waals surface area contributed by atoms with Gasteiger partial charge in [0, 0.05) is 18.2 Å². The molecule has 2 fully saturated rings. The normalized spacial score (nSPS) is 26.1. The molecule has 1 aromatic heterocycles. The number of primary amides is 1. The molecule has 27 heavy (non-hydrogen) atoms. The minimum absolute atomic E-state index is 0.00165. The molecule has 1 aromatic rings. The highest BCUT2D eigenvalue weighted by Crippen LogP contribution is 2.47. The average molecular weight is 393 g/mol. The van der Waals surface area contributed by atoms with Gasteiger partial charge in [0.1, 0.15) is 18.3 Å². The number of carbonyl (C=O) groups is 4. The van der Waals surface area contributed by atoms with E-state index < -0.39 is 17.9 Å². The summed E-state index contributed by atoms with van der Waals surface area (Å²) in [5, 5.41) is 20.9. The lowest BCUT2D eigenvalue weighted by molar-refractivity contribution is -0.158. The Bertz CT molecular complexity index is 883. The van der Waals surface area contributed by atoms with Crippen LogP contribution in [0.3, 0.4) is 0 Å². The molecule has 3 amide bonds. The van der Waals surface area contributed by atoms with Crippen molar-refractivity contribution in [3.63, 3.8) is 0 Å². The third kappa shape index (κ3) is 2.65. The van der Waals surface area contributed by atoms with Crippen LogP contribution < -0.4 is 5.73 Å². The molecule has 3 atom stereocenters. The number of thioether (sulfide) groups is 1. The highest BCUT2D eigenvalue weighted by Gasteiger charge is 2.62. The van der Waals surface area contributed by atoms with E-state index in [0.29, 0.717) is 30.1 Å². The van der Waals surface area contributed by atoms with Crippen molar-refractivity contribution < 1.29 is 24.3 Å². The maximum Gasteiger partial charge on any atom is 0.352 e. The summed E-state index contributed by atoms with van der Waals surface area (Å²) in [6, 6.07) is -0.832. The highest BCUT2D eigenvalue weighted by atomic mass is 32.2. The number of β-lactam (4-membered cyclic amide) rings is 1. The number of aliphatic carboxylic acids is 1. The van der Waals surface area contributed by atoms with Gasteiger partial charge < -0.3 is 15.7 Å². The summed E-state index contributed by atoms with van der Waals surface area (Å²) in [6.45, 7) is 0.229. The van der Waals surface area contributed by atoms with E-state index >= 15 is 0 Å². The van der Waals surface area contributed by atoms with Crippen molar-refractivity contribution in [3.8, 4) is 0 Å². The zero-order valence-electron chi connectivity index (χ0n) is 13.9. The monoisotopic (exact) mass is 393 g/mol. The lowest BCUT2D eigenvalue weighted by Gasteiger charge is -2.49. The number of hydrogen-bond donors (Lipinski definition) is 2. The van der Waals surface area contributed by atoms with Gasteiger partial charge in [-0.15, -0.1) is 5.10 Å². The average Bonchev–Trinajstić information content (AvgIpc) is 3.19. The Morgan fingerprint density at radius 2 is 2.19 bits per heavy atom. The molecule has 13 heteroatoms. The molecule has 3 aliphatic rings. The summed E-state index contributed by atoms with van der Waals surface area (Å²) in [5.74, 6) is -1.92. The molecule has 0 spiro atoms. The van der Waals surface area contributed by atoms with E-state index in [1.54, 1.807) is 0 Å². The van der Waals surface area contributed by atoms with Crippen molar-refractivity contribution in [2.24, 2.45) is 11.7 Å². The van der Waals surface area contributed by atoms with E-state index in [1.165, 1.54) is 14.5 Å². The first-order valence-corrected chi connectivity index (χ1v) is 9.07. The number of nitrogens with zero attached hydrogens (tertiary/aromatic N) is 6. The van der Waals surface area contributed by atoms with Crippen molar-refractivity contribution >= 4 is 36.0 Å². The van der Waals surface area contributed by atoms with E-state index in [1.807, 2.05) is 0 Å². The van der Waals surface area contributed by atoms with E-state index in [4.69, 9.17) is 5.73 Å². The van der Waals surface area contributed by atoms with Crippen molar-refractivity contribution in [1.82, 2.24) is 30.0 Å². The smallest absolute Gasteiger partial charge is 0.352 e. The number of carboxylic acid groups (broad SMARTS) is 1. The van der Waals surface area contributed by atoms with E-state index in [2.05, 4.69) is 15.5 Å². The Hall–Kier alpha value is -2.96. The van der Waals surface area contributed by atoms with E-state index in [0.717, 1.165) is 11.8 Å². The van der Waals surface area contributed by atoms with Crippen LogP contribution in [-0.2, 0) is 25.7 Å². The molecular weight excluding hydrogens is 378 g/mol. The van der Waals surface area contributed by atoms with Crippen LogP contribution in [0.1, 0.15) is 6.42 Å². The summed E-state index contributed by atoms with van der Waals surface area (Å²) in [7, 11) is 0. The molecule has 12 nitrogen and oxygen atoms in total. The molecule has 2 saturated heterocycles. The second-order valence-electron chi connectivity index (χ2n) is 6.54. The summed E-state index contributed by atoms with van der Waals surface area (Å²) in [6.07, 6.45) is 1.10. The fraction of sp³-hybridized carbons (Fsp3) is 0.500. The van der Waals surface area contributed by atoms with Gasteiger partial charge in [0.25, 0.3) is 5.91 Å². The molecule has 0 aromatic carbocycles. The molecular formula is C14H15N7O5S. The van der Waals surface area contributed by atoms with Gasteiger partial charge in [-0.3, -0.25) is 19.3 Å². The van der Waals surface area contributed by atoms with Gasteiger partial charge in [-0.2, -0.15) is 0 Å². The molecule has 142 valence electrons. The predicted octanol–water partition coefficient (Wildman–Crippen LogP) is -2.34. The summed E-state index contributed by atoms with van der Waals surface area (Å²) in [5.41, 5.74) is 5.68. The quantitative estimate of drug-likeness (QED) is 0.293. The van der Waals surface area contributed by atoms with Gasteiger partial charge in [0.05, 0.1) is 6.04 Å². The van der Waals surface area contributed by atoms with E-state index in [-0.39, 0.29) is 35.9 Å². The van der Waals surface area contributed by atoms with Crippen LogP contribution in [0.4, 0.5) is 0 Å². The van der Waals surface area contributed by atoms with Gasteiger partial charge in [0.15, 0.2) is 0 Å². The number of tetrazole rings is 1. The lowest BCUT2D eigenvalue weighted by atomic mass is 9.79. The Morgan fingerprint density at radius 3 is 2.85 bits per heavy atom. The van der Waals surface area contributed by atoms with Gasteiger partial charge in [-0.1, -0.05) is 11.8 Å². The zero-order valence-corrected chi connectivity index (χ0v) is 14.7. The molecule has 3 aliphatic heterocycles. The van der Waals surface area contributed by atoms with Crippen molar-refractivity contribution in [2.45, 2.75) is 30.2 Å². The first kappa shape index (κ1) is 17.5. The molecule has 0 unspecified atom stereocenters. The molecule has 0 saturated carbocycles. The van der Waals surface area contributed by atoms with Crippen LogP contribution >= 0.6 is 11.8 Å². The number of carboxylic acids is 1. The van der Waals surface area contributed by atoms with Gasteiger partial charge in [0.2, 0.25) is 17.5 Å². The number of hydrogen-bond acceptors (Lipinski definition) is 8. The predicted molar refractivity (Wildman–Crippen MR) is 87.7 cm³/mol. The Morgan fingerprint density at radius 1 is 1.41 bits per heavy atom. The van der Waals surface area contributed by atoms with Gasteiger partial charge >= 0.3 is 5.97 Å². The Balaban J connectivity index is 1.58. The number of rotatable bonds is 7. The number of aromatic nitrogens is 4. The first-order valence-electron chi connectivity index (χ1n) is 8.09. The van der Waals surface area contributed by atoms with Gasteiger partial charge in [-0.25, -0.2) is 9.48 Å². The number of amides is 3. The van der Waals surface area contributed by atoms with Crippen LogP contribution in [-0.4, -0.2) is 83.7 Å². The molecule has 4 heterocycles. The molecule has 0 bridgehead atoms. The molecule has 3 N–H and O–H groups in total. The first-order chi connectivity index (χ1) is 12.9. The standard InChI is InChI=1S/C14H15N7O5S/c15-8(23)3-20-14(16-17-18-20)27-4-7-1-6-2-19(5-22)11-9(6)21(12(11)24)10(7)13(25)26/h5-6,9,11H,1-4H2,(H2,15,23)(H,25,26)/t6-,9-,11+/m1/s1. The SMILES string of the molecule is NC(=O)Cn1nnnc1SCC1=C(C(=O)O)N2C(=O)[C@@H]3[C@H]2[C@H](C1)CN3C=O. The lowest BCUT2D eigenvalue weighted by Crippen LogP contribution is -2.68. The van der Waals surface area contributed by atoms with Crippen LogP contribution in [0.5, 0.6) is 0 Å². The number of likely N-dealkylation sites (tertiary alicyclic amines) is 1. The van der Waals surface area contributed by atoms with Crippen LogP contribution in [0.15, 0.2) is 16.4 Å². The number of nitrogens with two attached hydrogens (primary N) is 1. The fourth-order valence-electron chi connectivity index (χ4n) is 4.01. The molecule has 0 aliphatic carbocycles. The maximum absolute atomic E-state index is 12.4. The summed E-state index contributed by atoms with van der Waals surface area (Å²) >= 11 is 1.16.